The molecule has 0 spiro atoms. The number of pyridine rings is 2. The van der Waals surface area contributed by atoms with Gasteiger partial charge in [0.15, 0.2) is 0 Å². The van der Waals surface area contributed by atoms with Gasteiger partial charge in [-0.25, -0.2) is 4.98 Å². The lowest BCUT2D eigenvalue weighted by Crippen LogP contribution is -2.36. The number of nitrogens with one attached hydrogen (secondary N) is 1. The van der Waals surface area contributed by atoms with E-state index in [9.17, 15) is 4.79 Å². The maximum atomic E-state index is 12.7. The van der Waals surface area contributed by atoms with E-state index in [1.165, 1.54) is 0 Å². The zero-order chi connectivity index (χ0) is 16.8. The minimum atomic E-state index is 0.00975. The van der Waals surface area contributed by atoms with Gasteiger partial charge in [-0.3, -0.25) is 9.78 Å². The molecule has 126 valence electrons. The van der Waals surface area contributed by atoms with Crippen molar-refractivity contribution in [1.82, 2.24) is 14.9 Å². The molecule has 1 amide bonds. The summed E-state index contributed by atoms with van der Waals surface area (Å²) in [7, 11) is 1.86. The fourth-order valence-electron chi connectivity index (χ4n) is 2.89. The molecule has 0 bridgehead atoms. The van der Waals surface area contributed by atoms with Gasteiger partial charge in [-0.1, -0.05) is 6.07 Å². The SMILES string of the molecule is CNc1cccc(C[C@H]2COCCN(C(=O)c3cccnc3)C2)n1. The predicted octanol–water partition coefficient (Wildman–Crippen LogP) is 1.85. The Bertz CT molecular complexity index is 678. The van der Waals surface area contributed by atoms with Crippen LogP contribution in [0.5, 0.6) is 0 Å². The van der Waals surface area contributed by atoms with E-state index in [4.69, 9.17) is 4.74 Å². The van der Waals surface area contributed by atoms with Crippen molar-refractivity contribution in [3.05, 3.63) is 54.0 Å². The molecule has 0 saturated carbocycles. The van der Waals surface area contributed by atoms with Gasteiger partial charge in [-0.2, -0.15) is 0 Å². The number of aromatic nitrogens is 2. The van der Waals surface area contributed by atoms with Crippen molar-refractivity contribution in [2.75, 3.05) is 38.7 Å². The smallest absolute Gasteiger partial charge is 0.255 e. The maximum Gasteiger partial charge on any atom is 0.255 e. The summed E-state index contributed by atoms with van der Waals surface area (Å²) in [6.45, 7) is 2.47. The number of hydrogen-bond acceptors (Lipinski definition) is 5. The number of ether oxygens (including phenoxy) is 1. The summed E-state index contributed by atoms with van der Waals surface area (Å²) in [5, 5.41) is 3.05. The highest BCUT2D eigenvalue weighted by molar-refractivity contribution is 5.93. The van der Waals surface area contributed by atoms with Gasteiger partial charge in [0.05, 0.1) is 18.8 Å². The molecule has 3 heterocycles. The molecule has 0 aromatic carbocycles. The van der Waals surface area contributed by atoms with E-state index in [2.05, 4.69) is 15.3 Å². The number of hydrogen-bond donors (Lipinski definition) is 1. The van der Waals surface area contributed by atoms with E-state index in [0.717, 1.165) is 17.9 Å². The van der Waals surface area contributed by atoms with E-state index in [-0.39, 0.29) is 11.8 Å². The number of amides is 1. The van der Waals surface area contributed by atoms with E-state index < -0.39 is 0 Å². The summed E-state index contributed by atoms with van der Waals surface area (Å²) in [6.07, 6.45) is 4.07. The Kier molecular flexibility index (Phi) is 5.38. The van der Waals surface area contributed by atoms with E-state index in [0.29, 0.717) is 31.9 Å². The van der Waals surface area contributed by atoms with Crippen molar-refractivity contribution in [1.29, 1.82) is 0 Å². The molecule has 6 nitrogen and oxygen atoms in total. The van der Waals surface area contributed by atoms with Crippen LogP contribution in [0.1, 0.15) is 16.1 Å². The Hall–Kier alpha value is -2.47. The van der Waals surface area contributed by atoms with Crippen molar-refractivity contribution < 1.29 is 9.53 Å². The lowest BCUT2D eigenvalue weighted by molar-refractivity contribution is 0.0737. The van der Waals surface area contributed by atoms with Crippen molar-refractivity contribution >= 4 is 11.7 Å². The summed E-state index contributed by atoms with van der Waals surface area (Å²) in [4.78, 5) is 23.1. The van der Waals surface area contributed by atoms with E-state index in [1.54, 1.807) is 24.5 Å². The molecule has 24 heavy (non-hydrogen) atoms. The first-order valence-electron chi connectivity index (χ1n) is 8.17. The number of rotatable bonds is 4. The topological polar surface area (TPSA) is 67.3 Å². The third-order valence-electron chi connectivity index (χ3n) is 4.09. The molecule has 2 aromatic rings. The zero-order valence-electron chi connectivity index (χ0n) is 13.8. The van der Waals surface area contributed by atoms with Crippen molar-refractivity contribution in [3.63, 3.8) is 0 Å². The highest BCUT2D eigenvalue weighted by atomic mass is 16.5. The number of nitrogens with zero attached hydrogens (tertiary/aromatic N) is 3. The Morgan fingerprint density at radius 1 is 1.38 bits per heavy atom. The molecule has 1 saturated heterocycles. The Morgan fingerprint density at radius 3 is 3.08 bits per heavy atom. The average molecular weight is 326 g/mol. The van der Waals surface area contributed by atoms with Crippen LogP contribution >= 0.6 is 0 Å². The second-order valence-corrected chi connectivity index (χ2v) is 5.90. The minimum Gasteiger partial charge on any atom is -0.379 e. The Morgan fingerprint density at radius 2 is 2.29 bits per heavy atom. The first-order valence-corrected chi connectivity index (χ1v) is 8.17. The molecule has 1 aliphatic heterocycles. The van der Waals surface area contributed by atoms with Gasteiger partial charge < -0.3 is 15.0 Å². The van der Waals surface area contributed by atoms with Crippen LogP contribution in [0, 0.1) is 5.92 Å². The van der Waals surface area contributed by atoms with Gasteiger partial charge in [-0.05, 0) is 30.7 Å². The minimum absolute atomic E-state index is 0.00975. The third kappa shape index (κ3) is 4.08. The fraction of sp³-hybridized carbons (Fsp3) is 0.389. The quantitative estimate of drug-likeness (QED) is 0.929. The fourth-order valence-corrected chi connectivity index (χ4v) is 2.89. The molecule has 1 fully saturated rings. The molecule has 6 heteroatoms. The summed E-state index contributed by atoms with van der Waals surface area (Å²) in [5.41, 5.74) is 1.62. The highest BCUT2D eigenvalue weighted by Crippen LogP contribution is 2.16. The number of anilines is 1. The van der Waals surface area contributed by atoms with Crippen LogP contribution in [0.25, 0.3) is 0 Å². The van der Waals surface area contributed by atoms with Crippen LogP contribution in [0.4, 0.5) is 5.82 Å². The molecule has 2 aromatic heterocycles. The summed E-state index contributed by atoms with van der Waals surface area (Å²) in [5.74, 6) is 1.09. The van der Waals surface area contributed by atoms with Gasteiger partial charge >= 0.3 is 0 Å². The molecule has 1 N–H and O–H groups in total. The van der Waals surface area contributed by atoms with Crippen LogP contribution in [0.15, 0.2) is 42.7 Å². The zero-order valence-corrected chi connectivity index (χ0v) is 13.8. The van der Waals surface area contributed by atoms with Crippen LogP contribution in [0.2, 0.25) is 0 Å². The normalized spacial score (nSPS) is 18.0. The van der Waals surface area contributed by atoms with Crippen LogP contribution in [-0.4, -0.2) is 54.1 Å². The monoisotopic (exact) mass is 326 g/mol. The second kappa shape index (κ2) is 7.88. The van der Waals surface area contributed by atoms with Gasteiger partial charge in [0.25, 0.3) is 5.91 Å². The lowest BCUT2D eigenvalue weighted by Gasteiger charge is -2.23. The standard InChI is InChI=1S/C18H22N4O2/c1-19-17-6-2-5-16(21-17)10-14-12-22(8-9-24-13-14)18(23)15-4-3-7-20-11-15/h2-7,11,14H,8-10,12-13H2,1H3,(H,19,21)/t14-/m1/s1. The number of carbonyl (C=O) groups is 1. The third-order valence-corrected chi connectivity index (χ3v) is 4.09. The van der Waals surface area contributed by atoms with E-state index in [1.807, 2.05) is 30.1 Å². The molecule has 0 aliphatic carbocycles. The molecule has 0 radical (unpaired) electrons. The lowest BCUT2D eigenvalue weighted by atomic mass is 10.0. The summed E-state index contributed by atoms with van der Waals surface area (Å²) < 4.78 is 5.70. The Labute approximate surface area is 141 Å². The van der Waals surface area contributed by atoms with Gasteiger partial charge in [0.1, 0.15) is 5.82 Å². The molecule has 0 unspecified atom stereocenters. The van der Waals surface area contributed by atoms with Gasteiger partial charge in [0, 0.05) is 44.1 Å². The number of carbonyl (C=O) groups excluding carboxylic acids is 1. The Balaban J connectivity index is 1.69. The van der Waals surface area contributed by atoms with E-state index >= 15 is 0 Å². The van der Waals surface area contributed by atoms with Gasteiger partial charge in [0.2, 0.25) is 0 Å². The predicted molar refractivity (Wildman–Crippen MR) is 91.9 cm³/mol. The second-order valence-electron chi connectivity index (χ2n) is 5.90. The largest absolute Gasteiger partial charge is 0.379 e. The van der Waals surface area contributed by atoms with Crippen LogP contribution in [0.3, 0.4) is 0 Å². The molecule has 3 rings (SSSR count). The molecule has 1 atom stereocenters. The van der Waals surface area contributed by atoms with Crippen LogP contribution < -0.4 is 5.32 Å². The van der Waals surface area contributed by atoms with Crippen LogP contribution in [-0.2, 0) is 11.2 Å². The van der Waals surface area contributed by atoms with Crippen molar-refractivity contribution in [2.24, 2.45) is 5.92 Å². The summed E-state index contributed by atoms with van der Waals surface area (Å²) in [6, 6.07) is 9.52. The first kappa shape index (κ1) is 16.4. The summed E-state index contributed by atoms with van der Waals surface area (Å²) >= 11 is 0. The molecular weight excluding hydrogens is 304 g/mol. The first-order chi connectivity index (χ1) is 11.8. The molecule has 1 aliphatic rings. The highest BCUT2D eigenvalue weighted by Gasteiger charge is 2.24. The van der Waals surface area contributed by atoms with Gasteiger partial charge in [-0.15, -0.1) is 0 Å². The molecular formula is C18H22N4O2. The maximum absolute atomic E-state index is 12.7. The van der Waals surface area contributed by atoms with Crippen molar-refractivity contribution in [3.8, 4) is 0 Å². The van der Waals surface area contributed by atoms with Crippen molar-refractivity contribution in [2.45, 2.75) is 6.42 Å². The average Bonchev–Trinajstić information content (AvgIpc) is 2.87.